The average Bonchev–Trinajstić information content (AvgIpc) is 3.20. The lowest BCUT2D eigenvalue weighted by Crippen LogP contribution is -2.37. The molecule has 0 fully saturated rings. The van der Waals surface area contributed by atoms with E-state index in [9.17, 15) is 22.4 Å². The van der Waals surface area contributed by atoms with Gasteiger partial charge in [0.15, 0.2) is 5.65 Å². The van der Waals surface area contributed by atoms with E-state index in [2.05, 4.69) is 19.8 Å². The van der Waals surface area contributed by atoms with Crippen LogP contribution in [0.2, 0.25) is 0 Å². The van der Waals surface area contributed by atoms with Crippen LogP contribution in [0.4, 0.5) is 23.5 Å². The van der Waals surface area contributed by atoms with Crippen LogP contribution in [0.25, 0.3) is 16.8 Å². The smallest absolute Gasteiger partial charge is 0.412 e. The summed E-state index contributed by atoms with van der Waals surface area (Å²) < 4.78 is 88.8. The fraction of sp³-hybridized carbons (Fsp3) is 0.182. The summed E-state index contributed by atoms with van der Waals surface area (Å²) in [5.41, 5.74) is 8.39. The molecule has 0 aliphatic carbocycles. The summed E-state index contributed by atoms with van der Waals surface area (Å²) in [7, 11) is -4.67. The summed E-state index contributed by atoms with van der Waals surface area (Å²) in [6.07, 6.45) is -1.16. The molecule has 0 spiro atoms. The van der Waals surface area contributed by atoms with Gasteiger partial charge in [0.05, 0.1) is 11.3 Å². The Labute approximate surface area is 222 Å². The number of pyridine rings is 2. The summed E-state index contributed by atoms with van der Waals surface area (Å²) in [6, 6.07) is 7.92. The molecule has 1 amide bonds. The van der Waals surface area contributed by atoms with Crippen molar-refractivity contribution in [1.82, 2.24) is 24.5 Å². The fourth-order valence-corrected chi connectivity index (χ4v) is 3.85. The van der Waals surface area contributed by atoms with Gasteiger partial charge in [0.25, 0.3) is 5.91 Å². The number of anilines is 1. The lowest BCUT2D eigenvalue weighted by Gasteiger charge is -2.28. The van der Waals surface area contributed by atoms with Crippen LogP contribution < -0.4 is 10.5 Å². The first kappa shape index (κ1) is 30.2. The number of hydrogen-bond acceptors (Lipinski definition) is 8. The molecule has 4 heterocycles. The maximum atomic E-state index is 14.3. The Kier molecular flexibility index (Phi) is 8.58. The first-order valence-electron chi connectivity index (χ1n) is 10.8. The van der Waals surface area contributed by atoms with E-state index >= 15 is 0 Å². The van der Waals surface area contributed by atoms with Gasteiger partial charge in [-0.15, -0.1) is 18.3 Å². The quantitative estimate of drug-likeness (QED) is 0.234. The predicted octanol–water partition coefficient (Wildman–Crippen LogP) is 2.13. The largest absolute Gasteiger partial charge is 0.573 e. The number of nitrogen functional groups attached to an aromatic ring is 1. The van der Waals surface area contributed by atoms with Crippen LogP contribution in [-0.4, -0.2) is 66.3 Å². The third kappa shape index (κ3) is 7.59. The molecule has 1 aliphatic rings. The molecule has 0 radical (unpaired) electrons. The summed E-state index contributed by atoms with van der Waals surface area (Å²) in [4.78, 5) is 23.0. The Bertz CT molecular complexity index is 1660. The number of alkyl halides is 3. The van der Waals surface area contributed by atoms with Gasteiger partial charge in [-0.05, 0) is 42.0 Å². The molecule has 40 heavy (non-hydrogen) atoms. The van der Waals surface area contributed by atoms with E-state index in [4.69, 9.17) is 23.3 Å². The number of rotatable bonds is 4. The second-order valence-electron chi connectivity index (χ2n) is 8.13. The van der Waals surface area contributed by atoms with E-state index in [1.54, 1.807) is 30.6 Å². The van der Waals surface area contributed by atoms with Gasteiger partial charge in [-0.3, -0.25) is 18.9 Å². The number of carbonyl (C=O) groups excluding carboxylic acids is 1. The van der Waals surface area contributed by atoms with Crippen molar-refractivity contribution in [1.29, 1.82) is 0 Å². The van der Waals surface area contributed by atoms with Gasteiger partial charge in [0.1, 0.15) is 11.6 Å². The van der Waals surface area contributed by atoms with Crippen molar-refractivity contribution in [3.63, 3.8) is 0 Å². The normalized spacial score (nSPS) is 13.2. The SMILES string of the molecule is Nc1nc2cc(-c3cnc4c(c3)C(=O)N(Cc3cc(OC(F)(F)F)ccc3F)CC4)ccn2n1.O.O=S(=O)(O)O. The third-order valence-electron chi connectivity index (χ3n) is 5.41. The van der Waals surface area contributed by atoms with Crippen LogP contribution in [0.15, 0.2) is 48.8 Å². The number of fused-ring (bicyclic) bond motifs is 2. The van der Waals surface area contributed by atoms with Crippen LogP contribution in [0.1, 0.15) is 21.6 Å². The number of ether oxygens (including phenoxy) is 1. The predicted molar refractivity (Wildman–Crippen MR) is 130 cm³/mol. The van der Waals surface area contributed by atoms with Gasteiger partial charge in [-0.2, -0.15) is 13.4 Å². The number of nitrogens with zero attached hydrogens (tertiary/aromatic N) is 5. The number of benzene rings is 1. The zero-order valence-electron chi connectivity index (χ0n) is 20.0. The minimum atomic E-state index is -4.90. The van der Waals surface area contributed by atoms with Gasteiger partial charge in [-0.25, -0.2) is 8.91 Å². The minimum Gasteiger partial charge on any atom is -0.412 e. The van der Waals surface area contributed by atoms with Crippen molar-refractivity contribution in [2.75, 3.05) is 12.3 Å². The highest BCUT2D eigenvalue weighted by molar-refractivity contribution is 7.79. The molecule has 3 aromatic heterocycles. The van der Waals surface area contributed by atoms with Crippen LogP contribution in [0, 0.1) is 5.82 Å². The maximum absolute atomic E-state index is 14.3. The molecule has 0 unspecified atom stereocenters. The molecule has 13 nitrogen and oxygen atoms in total. The zero-order chi connectivity index (χ0) is 28.5. The van der Waals surface area contributed by atoms with E-state index in [-0.39, 0.29) is 30.1 Å². The van der Waals surface area contributed by atoms with Crippen LogP contribution in [0.3, 0.4) is 0 Å². The molecule has 214 valence electrons. The summed E-state index contributed by atoms with van der Waals surface area (Å²) in [6.45, 7) is 0.0291. The number of halogens is 4. The monoisotopic (exact) mass is 588 g/mol. The number of nitrogens with two attached hydrogens (primary N) is 1. The van der Waals surface area contributed by atoms with Crippen LogP contribution in [-0.2, 0) is 23.4 Å². The molecule has 4 aromatic rings. The highest BCUT2D eigenvalue weighted by atomic mass is 32.3. The van der Waals surface area contributed by atoms with E-state index in [0.717, 1.165) is 23.8 Å². The number of hydrogen-bond donors (Lipinski definition) is 3. The lowest BCUT2D eigenvalue weighted by atomic mass is 9.99. The Morgan fingerprint density at radius 2 is 1.80 bits per heavy atom. The van der Waals surface area contributed by atoms with Crippen LogP contribution >= 0.6 is 0 Å². The van der Waals surface area contributed by atoms with E-state index in [1.165, 1.54) is 9.42 Å². The first-order valence-corrected chi connectivity index (χ1v) is 12.2. The Hall–Kier alpha value is -4.39. The average molecular weight is 588 g/mol. The third-order valence-corrected chi connectivity index (χ3v) is 5.41. The fourth-order valence-electron chi connectivity index (χ4n) is 3.85. The molecule has 0 bridgehead atoms. The second-order valence-corrected chi connectivity index (χ2v) is 9.03. The van der Waals surface area contributed by atoms with Crippen molar-refractivity contribution in [3.8, 4) is 16.9 Å². The number of aromatic nitrogens is 4. The standard InChI is InChI=1S/C22H16F4N6O2.H2O4S.H2O/c23-17-2-1-15(34-22(24,25)26)7-14(17)11-31-5-4-18-16(20(31)33)8-13(10-28-18)12-3-6-32-19(9-12)29-21(27)30-32;1-5(2,3)4;/h1-3,6-10H,4-5,11H2,(H2,27,30);(H2,1,2,3,4);1H2. The second kappa shape index (κ2) is 11.4. The number of amides is 1. The van der Waals surface area contributed by atoms with Crippen LogP contribution in [0.5, 0.6) is 5.75 Å². The van der Waals surface area contributed by atoms with E-state index in [1.807, 2.05) is 0 Å². The maximum Gasteiger partial charge on any atom is 0.573 e. The Balaban J connectivity index is 0.000000677. The Morgan fingerprint density at radius 1 is 1.10 bits per heavy atom. The molecule has 6 N–H and O–H groups in total. The van der Waals surface area contributed by atoms with Gasteiger partial charge in [0, 0.05) is 43.0 Å². The molecule has 1 aromatic carbocycles. The van der Waals surface area contributed by atoms with Gasteiger partial charge >= 0.3 is 16.8 Å². The lowest BCUT2D eigenvalue weighted by molar-refractivity contribution is -0.274. The van der Waals surface area contributed by atoms with Gasteiger partial charge < -0.3 is 20.8 Å². The van der Waals surface area contributed by atoms with E-state index in [0.29, 0.717) is 28.9 Å². The summed E-state index contributed by atoms with van der Waals surface area (Å²) in [5, 5.41) is 4.02. The molecular formula is C22H20F4N6O7S. The summed E-state index contributed by atoms with van der Waals surface area (Å²) >= 11 is 0. The summed E-state index contributed by atoms with van der Waals surface area (Å²) in [5.74, 6) is -1.56. The topological polar surface area (TPSA) is 205 Å². The first-order chi connectivity index (χ1) is 18.2. The molecule has 18 heteroatoms. The highest BCUT2D eigenvalue weighted by Gasteiger charge is 2.32. The molecule has 0 saturated carbocycles. The van der Waals surface area contributed by atoms with Crippen molar-refractivity contribution in [2.24, 2.45) is 0 Å². The van der Waals surface area contributed by atoms with Crippen molar-refractivity contribution >= 4 is 27.9 Å². The zero-order valence-corrected chi connectivity index (χ0v) is 20.8. The van der Waals surface area contributed by atoms with E-state index < -0.39 is 34.2 Å². The highest BCUT2D eigenvalue weighted by Crippen LogP contribution is 2.28. The minimum absolute atomic E-state index is 0. The molecule has 0 saturated heterocycles. The van der Waals surface area contributed by atoms with Crippen molar-refractivity contribution in [2.45, 2.75) is 19.3 Å². The van der Waals surface area contributed by atoms with Crippen molar-refractivity contribution < 1.29 is 50.1 Å². The molecular weight excluding hydrogens is 568 g/mol. The van der Waals surface area contributed by atoms with Crippen molar-refractivity contribution in [3.05, 3.63) is 71.4 Å². The van der Waals surface area contributed by atoms with Gasteiger partial charge in [-0.1, -0.05) is 0 Å². The molecule has 5 rings (SSSR count). The molecule has 0 atom stereocenters. The van der Waals surface area contributed by atoms with Gasteiger partial charge in [0.2, 0.25) is 5.95 Å². The Morgan fingerprint density at radius 3 is 2.48 bits per heavy atom. The number of carbonyl (C=O) groups is 1. The molecule has 1 aliphatic heterocycles.